The van der Waals surface area contributed by atoms with E-state index in [4.69, 9.17) is 9.97 Å². The maximum atomic E-state index is 4.78. The summed E-state index contributed by atoms with van der Waals surface area (Å²) >= 11 is 0. The summed E-state index contributed by atoms with van der Waals surface area (Å²) in [5, 5.41) is 17.4. The minimum atomic E-state index is 0.670. The fourth-order valence-electron chi connectivity index (χ4n) is 3.68. The molecule has 0 saturated heterocycles. The van der Waals surface area contributed by atoms with Crippen LogP contribution in [0.4, 0.5) is 0 Å². The molecule has 36 heavy (non-hydrogen) atoms. The number of hydrogen-bond donors (Lipinski definition) is 0. The molecule has 0 radical (unpaired) electrons. The Kier molecular flexibility index (Phi) is 5.65. The molecule has 0 amide bonds. The minimum Gasteiger partial charge on any atom is -0.255 e. The third-order valence-electron chi connectivity index (χ3n) is 5.47. The van der Waals surface area contributed by atoms with Crippen LogP contribution >= 0.6 is 0 Å². The van der Waals surface area contributed by atoms with Crippen molar-refractivity contribution >= 4 is 0 Å². The first kappa shape index (κ1) is 21.3. The van der Waals surface area contributed by atoms with Crippen LogP contribution in [0.2, 0.25) is 0 Å². The van der Waals surface area contributed by atoms with E-state index in [0.29, 0.717) is 34.2 Å². The molecular weight excluding hydrogens is 448 g/mol. The van der Waals surface area contributed by atoms with Crippen LogP contribution in [-0.2, 0) is 0 Å². The van der Waals surface area contributed by atoms with E-state index in [-0.39, 0.29) is 0 Å². The molecule has 8 heteroatoms. The molecule has 0 aliphatic rings. The molecule has 0 saturated carbocycles. The minimum absolute atomic E-state index is 0.670. The predicted octanol–water partition coefficient (Wildman–Crippen LogP) is 5.18. The van der Waals surface area contributed by atoms with Crippen molar-refractivity contribution in [2.75, 3.05) is 0 Å². The maximum Gasteiger partial charge on any atom is 0.111 e. The molecule has 6 heterocycles. The van der Waals surface area contributed by atoms with Crippen LogP contribution in [0.15, 0.2) is 109 Å². The second kappa shape index (κ2) is 9.55. The van der Waals surface area contributed by atoms with Crippen molar-refractivity contribution in [3.05, 3.63) is 109 Å². The van der Waals surface area contributed by atoms with Crippen molar-refractivity contribution in [1.82, 2.24) is 40.3 Å². The Morgan fingerprint density at radius 3 is 0.944 bits per heavy atom. The first-order valence-electron chi connectivity index (χ1n) is 11.3. The average molecular weight is 467 g/mol. The van der Waals surface area contributed by atoms with Crippen molar-refractivity contribution in [2.24, 2.45) is 0 Å². The quantitative estimate of drug-likeness (QED) is 0.342. The van der Waals surface area contributed by atoms with E-state index >= 15 is 0 Å². The van der Waals surface area contributed by atoms with E-state index in [1.54, 1.807) is 12.4 Å². The Morgan fingerprint density at radius 1 is 0.278 bits per heavy atom. The van der Waals surface area contributed by atoms with Crippen molar-refractivity contribution in [3.8, 4) is 56.9 Å². The molecule has 0 aliphatic heterocycles. The number of hydrogen-bond acceptors (Lipinski definition) is 8. The van der Waals surface area contributed by atoms with Crippen LogP contribution in [0, 0.1) is 0 Å². The van der Waals surface area contributed by atoms with Gasteiger partial charge in [-0.15, -0.1) is 20.4 Å². The lowest BCUT2D eigenvalue weighted by atomic mass is 10.1. The van der Waals surface area contributed by atoms with Gasteiger partial charge in [0.2, 0.25) is 0 Å². The van der Waals surface area contributed by atoms with Crippen molar-refractivity contribution in [3.63, 3.8) is 0 Å². The molecule has 170 valence electrons. The van der Waals surface area contributed by atoms with Gasteiger partial charge in [0, 0.05) is 12.4 Å². The van der Waals surface area contributed by atoms with Gasteiger partial charge in [-0.1, -0.05) is 24.3 Å². The van der Waals surface area contributed by atoms with Gasteiger partial charge >= 0.3 is 0 Å². The first-order valence-corrected chi connectivity index (χ1v) is 11.3. The Morgan fingerprint density at radius 2 is 0.611 bits per heavy atom. The molecule has 0 spiro atoms. The summed E-state index contributed by atoms with van der Waals surface area (Å²) in [5.41, 5.74) is 7.17. The zero-order valence-electron chi connectivity index (χ0n) is 19.0. The van der Waals surface area contributed by atoms with Crippen LogP contribution < -0.4 is 0 Å². The fourth-order valence-corrected chi connectivity index (χ4v) is 3.68. The number of nitrogens with zero attached hydrogens (tertiary/aromatic N) is 8. The second-order valence-electron chi connectivity index (χ2n) is 7.85. The molecule has 6 rings (SSSR count). The largest absolute Gasteiger partial charge is 0.255 e. The van der Waals surface area contributed by atoms with E-state index in [1.807, 2.05) is 97.1 Å². The Hall–Kier alpha value is -5.24. The fraction of sp³-hybridized carbons (Fsp3) is 0. The topological polar surface area (TPSA) is 103 Å². The van der Waals surface area contributed by atoms with Gasteiger partial charge in [-0.2, -0.15) is 0 Å². The smallest absolute Gasteiger partial charge is 0.111 e. The maximum absolute atomic E-state index is 4.78. The predicted molar refractivity (Wildman–Crippen MR) is 136 cm³/mol. The van der Waals surface area contributed by atoms with Crippen LogP contribution in [-0.4, -0.2) is 40.3 Å². The Bertz CT molecular complexity index is 1480. The van der Waals surface area contributed by atoms with E-state index < -0.39 is 0 Å². The second-order valence-corrected chi connectivity index (χ2v) is 7.85. The lowest BCUT2D eigenvalue weighted by Crippen LogP contribution is -1.97. The average Bonchev–Trinajstić information content (AvgIpc) is 2.98. The molecule has 0 atom stereocenters. The van der Waals surface area contributed by atoms with Crippen LogP contribution in [0.3, 0.4) is 0 Å². The highest BCUT2D eigenvalue weighted by atomic mass is 15.1. The van der Waals surface area contributed by atoms with Gasteiger partial charge in [0.05, 0.1) is 34.2 Å². The Labute approximate surface area is 206 Å². The summed E-state index contributed by atoms with van der Waals surface area (Å²) in [6.45, 7) is 0. The highest BCUT2D eigenvalue weighted by Crippen LogP contribution is 2.24. The van der Waals surface area contributed by atoms with Gasteiger partial charge in [-0.05, 0) is 72.8 Å². The molecule has 0 aliphatic carbocycles. The lowest BCUT2D eigenvalue weighted by molar-refractivity contribution is 1.02. The third-order valence-corrected chi connectivity index (χ3v) is 5.47. The van der Waals surface area contributed by atoms with E-state index in [9.17, 15) is 0 Å². The van der Waals surface area contributed by atoms with Crippen LogP contribution in [0.25, 0.3) is 56.9 Å². The van der Waals surface area contributed by atoms with Gasteiger partial charge in [0.25, 0.3) is 0 Å². The van der Waals surface area contributed by atoms with Crippen LogP contribution in [0.1, 0.15) is 0 Å². The summed E-state index contributed by atoms with van der Waals surface area (Å²) in [6.07, 6.45) is 3.47. The zero-order chi connectivity index (χ0) is 24.2. The molecule has 8 nitrogen and oxygen atoms in total. The molecule has 6 aromatic rings. The molecular formula is C28H18N8. The SMILES string of the molecule is c1ccc(-c2ccc(-c3cccc(-c4cccc(-c5ccc(-c6ccccn6)nn5)n4)n3)nn2)nc1. The van der Waals surface area contributed by atoms with Crippen LogP contribution in [0.5, 0.6) is 0 Å². The third kappa shape index (κ3) is 4.43. The standard InChI is InChI=1S/C28H18N8/c1-3-17-29-19(7-1)25-13-15-27(35-33-25)23-11-5-9-21(31-23)22-10-6-12-24(32-22)28-16-14-26(34-36-28)20-8-2-4-18-30-20/h1-18H. The van der Waals surface area contributed by atoms with Crippen molar-refractivity contribution in [2.45, 2.75) is 0 Å². The summed E-state index contributed by atoms with van der Waals surface area (Å²) in [5.74, 6) is 0. The summed E-state index contributed by atoms with van der Waals surface area (Å²) < 4.78 is 0. The van der Waals surface area contributed by atoms with E-state index in [2.05, 4.69) is 30.4 Å². The van der Waals surface area contributed by atoms with Gasteiger partial charge < -0.3 is 0 Å². The van der Waals surface area contributed by atoms with E-state index in [0.717, 1.165) is 22.8 Å². The summed E-state index contributed by atoms with van der Waals surface area (Å²) in [4.78, 5) is 18.2. The Balaban J connectivity index is 1.27. The monoisotopic (exact) mass is 466 g/mol. The molecule has 0 aromatic carbocycles. The number of rotatable bonds is 5. The van der Waals surface area contributed by atoms with Gasteiger partial charge in [-0.25, -0.2) is 9.97 Å². The molecule has 0 fully saturated rings. The van der Waals surface area contributed by atoms with Gasteiger partial charge in [0.15, 0.2) is 0 Å². The zero-order valence-corrected chi connectivity index (χ0v) is 19.0. The molecule has 0 unspecified atom stereocenters. The first-order chi connectivity index (χ1) is 17.8. The summed E-state index contributed by atoms with van der Waals surface area (Å²) in [6, 6.07) is 30.5. The molecule has 0 N–H and O–H groups in total. The lowest BCUT2D eigenvalue weighted by Gasteiger charge is -2.06. The molecule has 6 aromatic heterocycles. The van der Waals surface area contributed by atoms with Crippen molar-refractivity contribution < 1.29 is 0 Å². The number of pyridine rings is 4. The summed E-state index contributed by atoms with van der Waals surface area (Å²) in [7, 11) is 0. The number of aromatic nitrogens is 8. The highest BCUT2D eigenvalue weighted by Gasteiger charge is 2.10. The van der Waals surface area contributed by atoms with Gasteiger partial charge in [0.1, 0.15) is 22.8 Å². The normalized spacial score (nSPS) is 10.8. The van der Waals surface area contributed by atoms with Crippen molar-refractivity contribution in [1.29, 1.82) is 0 Å². The highest BCUT2D eigenvalue weighted by molar-refractivity contribution is 5.66. The molecule has 0 bridgehead atoms. The van der Waals surface area contributed by atoms with Gasteiger partial charge in [-0.3, -0.25) is 9.97 Å². The van der Waals surface area contributed by atoms with E-state index in [1.165, 1.54) is 0 Å².